The van der Waals surface area contributed by atoms with Crippen molar-refractivity contribution in [2.24, 2.45) is 0 Å². The number of amides is 1. The molecule has 1 aromatic rings. The SMILES string of the molecule is CCN(CC)C(=S)SCC(=O)Nc1cc2c(cc1C(C)=O)OCO2. The fraction of sp³-hybridized carbons (Fsp3) is 0.438. The smallest absolute Gasteiger partial charge is 0.234 e. The van der Waals surface area contributed by atoms with Crippen LogP contribution in [0.5, 0.6) is 11.5 Å². The minimum absolute atomic E-state index is 0.109. The molecule has 1 aliphatic rings. The van der Waals surface area contributed by atoms with E-state index in [-0.39, 0.29) is 24.2 Å². The van der Waals surface area contributed by atoms with Crippen LogP contribution in [-0.4, -0.2) is 46.5 Å². The number of carbonyl (C=O) groups excluding carboxylic acids is 2. The van der Waals surface area contributed by atoms with Gasteiger partial charge in [0, 0.05) is 24.7 Å². The third-order valence-corrected chi connectivity index (χ3v) is 5.04. The van der Waals surface area contributed by atoms with Gasteiger partial charge in [-0.1, -0.05) is 24.0 Å². The van der Waals surface area contributed by atoms with Crippen LogP contribution in [0.3, 0.4) is 0 Å². The Bertz CT molecular complexity index is 660. The number of anilines is 1. The molecule has 130 valence electrons. The minimum atomic E-state index is -0.226. The molecule has 8 heteroatoms. The zero-order valence-electron chi connectivity index (χ0n) is 13.9. The number of ether oxygens (including phenoxy) is 2. The van der Waals surface area contributed by atoms with Gasteiger partial charge in [0.25, 0.3) is 0 Å². The second-order valence-electron chi connectivity index (χ2n) is 5.08. The lowest BCUT2D eigenvalue weighted by atomic mass is 10.1. The average Bonchev–Trinajstić information content (AvgIpc) is 3.00. The highest BCUT2D eigenvalue weighted by Crippen LogP contribution is 2.37. The highest BCUT2D eigenvalue weighted by Gasteiger charge is 2.20. The zero-order chi connectivity index (χ0) is 17.7. The molecule has 0 aliphatic carbocycles. The third-order valence-electron chi connectivity index (χ3n) is 3.51. The first-order chi connectivity index (χ1) is 11.5. The van der Waals surface area contributed by atoms with E-state index in [9.17, 15) is 9.59 Å². The maximum atomic E-state index is 12.2. The molecule has 1 heterocycles. The molecule has 0 saturated carbocycles. The summed E-state index contributed by atoms with van der Waals surface area (Å²) in [5.74, 6) is 0.823. The molecular formula is C16H20N2O4S2. The number of benzene rings is 1. The van der Waals surface area contributed by atoms with Crippen LogP contribution in [0.2, 0.25) is 0 Å². The normalized spacial score (nSPS) is 12.0. The standard InChI is InChI=1S/C16H20N2O4S2/c1-4-18(5-2)16(23)24-8-15(20)17-12-7-14-13(21-9-22-14)6-11(12)10(3)19/h6-7H,4-5,8-9H2,1-3H3,(H,17,20). The van der Waals surface area contributed by atoms with E-state index in [0.29, 0.717) is 27.1 Å². The van der Waals surface area contributed by atoms with Crippen molar-refractivity contribution < 1.29 is 19.1 Å². The van der Waals surface area contributed by atoms with Crippen LogP contribution in [0.1, 0.15) is 31.1 Å². The zero-order valence-corrected chi connectivity index (χ0v) is 15.5. The molecule has 0 bridgehead atoms. The average molecular weight is 368 g/mol. The lowest BCUT2D eigenvalue weighted by Crippen LogP contribution is -2.28. The van der Waals surface area contributed by atoms with Crippen molar-refractivity contribution >= 4 is 45.7 Å². The van der Waals surface area contributed by atoms with E-state index in [1.165, 1.54) is 18.7 Å². The van der Waals surface area contributed by atoms with Gasteiger partial charge in [-0.3, -0.25) is 9.59 Å². The number of hydrogen-bond acceptors (Lipinski definition) is 6. The van der Waals surface area contributed by atoms with E-state index < -0.39 is 0 Å². The summed E-state index contributed by atoms with van der Waals surface area (Å²) in [5.41, 5.74) is 0.815. The van der Waals surface area contributed by atoms with Crippen molar-refractivity contribution in [3.8, 4) is 11.5 Å². The van der Waals surface area contributed by atoms with Gasteiger partial charge >= 0.3 is 0 Å². The predicted octanol–water partition coefficient (Wildman–Crippen LogP) is 2.92. The van der Waals surface area contributed by atoms with Crippen molar-refractivity contribution in [1.29, 1.82) is 0 Å². The van der Waals surface area contributed by atoms with Gasteiger partial charge in [-0.25, -0.2) is 0 Å². The van der Waals surface area contributed by atoms with E-state index in [0.717, 1.165) is 13.1 Å². The highest BCUT2D eigenvalue weighted by molar-refractivity contribution is 8.23. The van der Waals surface area contributed by atoms with Gasteiger partial charge in [-0.2, -0.15) is 0 Å². The Balaban J connectivity index is 2.04. The molecule has 1 aromatic carbocycles. The van der Waals surface area contributed by atoms with Gasteiger partial charge in [0.1, 0.15) is 4.32 Å². The number of nitrogens with one attached hydrogen (secondary N) is 1. The first kappa shape index (κ1) is 18.5. The monoisotopic (exact) mass is 368 g/mol. The molecule has 0 spiro atoms. The summed E-state index contributed by atoms with van der Waals surface area (Å²) >= 11 is 6.61. The summed E-state index contributed by atoms with van der Waals surface area (Å²) in [6, 6.07) is 3.21. The molecule has 0 fully saturated rings. The fourth-order valence-electron chi connectivity index (χ4n) is 2.22. The number of thiocarbonyl (C=S) groups is 1. The van der Waals surface area contributed by atoms with Crippen LogP contribution in [0.4, 0.5) is 5.69 Å². The molecule has 1 N–H and O–H groups in total. The highest BCUT2D eigenvalue weighted by atomic mass is 32.2. The third kappa shape index (κ3) is 4.39. The minimum Gasteiger partial charge on any atom is -0.454 e. The summed E-state index contributed by atoms with van der Waals surface area (Å²) in [6.07, 6.45) is 0. The van der Waals surface area contributed by atoms with Crippen molar-refractivity contribution in [3.63, 3.8) is 0 Å². The number of Topliss-reactive ketones (excluding diaryl/α,β-unsaturated/α-hetero) is 1. The molecule has 0 radical (unpaired) electrons. The molecule has 24 heavy (non-hydrogen) atoms. The maximum Gasteiger partial charge on any atom is 0.234 e. The number of hydrogen-bond donors (Lipinski definition) is 1. The van der Waals surface area contributed by atoms with Gasteiger partial charge in [0.15, 0.2) is 17.3 Å². The number of fused-ring (bicyclic) bond motifs is 1. The van der Waals surface area contributed by atoms with Crippen molar-refractivity contribution in [2.45, 2.75) is 20.8 Å². The molecule has 0 aromatic heterocycles. The molecule has 1 aliphatic heterocycles. The molecule has 2 rings (SSSR count). The Morgan fingerprint density at radius 1 is 1.25 bits per heavy atom. The first-order valence-corrected chi connectivity index (χ1v) is 9.01. The van der Waals surface area contributed by atoms with Crippen LogP contribution in [0.25, 0.3) is 0 Å². The van der Waals surface area contributed by atoms with E-state index in [1.807, 2.05) is 18.7 Å². The Morgan fingerprint density at radius 3 is 2.46 bits per heavy atom. The lowest BCUT2D eigenvalue weighted by Gasteiger charge is -2.20. The van der Waals surface area contributed by atoms with Gasteiger partial charge in [-0.15, -0.1) is 0 Å². The quantitative estimate of drug-likeness (QED) is 0.612. The van der Waals surface area contributed by atoms with E-state index in [4.69, 9.17) is 21.7 Å². The number of thioether (sulfide) groups is 1. The summed E-state index contributed by atoms with van der Waals surface area (Å²) in [5, 5.41) is 2.76. The van der Waals surface area contributed by atoms with Crippen LogP contribution >= 0.6 is 24.0 Å². The Kier molecular flexibility index (Phi) is 6.44. The Hall–Kier alpha value is -1.80. The fourth-order valence-corrected chi connectivity index (χ4v) is 3.43. The summed E-state index contributed by atoms with van der Waals surface area (Å²) in [7, 11) is 0. The predicted molar refractivity (Wildman–Crippen MR) is 99.2 cm³/mol. The second-order valence-corrected chi connectivity index (χ2v) is 6.69. The summed E-state index contributed by atoms with van der Waals surface area (Å²) in [4.78, 5) is 26.0. The van der Waals surface area contributed by atoms with E-state index in [1.54, 1.807) is 12.1 Å². The topological polar surface area (TPSA) is 67.9 Å². The molecular weight excluding hydrogens is 348 g/mol. The van der Waals surface area contributed by atoms with Crippen LogP contribution in [0.15, 0.2) is 12.1 Å². The van der Waals surface area contributed by atoms with Crippen molar-refractivity contribution in [2.75, 3.05) is 31.0 Å². The number of ketones is 1. The van der Waals surface area contributed by atoms with Crippen molar-refractivity contribution in [3.05, 3.63) is 17.7 Å². The number of nitrogens with zero attached hydrogens (tertiary/aromatic N) is 1. The van der Waals surface area contributed by atoms with Crippen LogP contribution in [0, 0.1) is 0 Å². The van der Waals surface area contributed by atoms with Gasteiger partial charge < -0.3 is 19.7 Å². The molecule has 6 nitrogen and oxygen atoms in total. The van der Waals surface area contributed by atoms with Gasteiger partial charge in [0.05, 0.1) is 11.4 Å². The molecule has 0 unspecified atom stereocenters. The van der Waals surface area contributed by atoms with E-state index in [2.05, 4.69) is 5.32 Å². The Labute approximate surface area is 150 Å². The van der Waals surface area contributed by atoms with Gasteiger partial charge in [-0.05, 0) is 26.8 Å². The number of rotatable bonds is 6. The van der Waals surface area contributed by atoms with Crippen LogP contribution < -0.4 is 14.8 Å². The number of carbonyl (C=O) groups is 2. The molecule has 0 saturated heterocycles. The second kappa shape index (κ2) is 8.34. The van der Waals surface area contributed by atoms with Crippen LogP contribution in [-0.2, 0) is 4.79 Å². The molecule has 0 atom stereocenters. The van der Waals surface area contributed by atoms with Crippen molar-refractivity contribution in [1.82, 2.24) is 4.90 Å². The Morgan fingerprint density at radius 2 is 1.88 bits per heavy atom. The maximum absolute atomic E-state index is 12.2. The lowest BCUT2D eigenvalue weighted by molar-refractivity contribution is -0.113. The van der Waals surface area contributed by atoms with Gasteiger partial charge in [0.2, 0.25) is 12.7 Å². The molecule has 1 amide bonds. The summed E-state index contributed by atoms with van der Waals surface area (Å²) < 4.78 is 11.2. The largest absolute Gasteiger partial charge is 0.454 e. The van der Waals surface area contributed by atoms with E-state index >= 15 is 0 Å². The first-order valence-electron chi connectivity index (χ1n) is 7.62. The summed E-state index contributed by atoms with van der Waals surface area (Å²) in [6.45, 7) is 7.20.